The maximum absolute atomic E-state index is 12.8. The summed E-state index contributed by atoms with van der Waals surface area (Å²) >= 11 is 6.13. The molecule has 2 amide bonds. The zero-order chi connectivity index (χ0) is 26.2. The molecule has 9 nitrogen and oxygen atoms in total. The van der Waals surface area contributed by atoms with Crippen LogP contribution in [0.25, 0.3) is 0 Å². The Kier molecular flexibility index (Phi) is 10.2. The van der Waals surface area contributed by atoms with Gasteiger partial charge >= 0.3 is 5.97 Å². The fourth-order valence-electron chi connectivity index (χ4n) is 3.20. The summed E-state index contributed by atoms with van der Waals surface area (Å²) in [5.74, 6) is -2.23. The lowest BCUT2D eigenvalue weighted by Crippen LogP contribution is -2.45. The minimum atomic E-state index is -3.76. The first kappa shape index (κ1) is 28.3. The fourth-order valence-corrected chi connectivity index (χ4v) is 4.85. The predicted molar refractivity (Wildman–Crippen MR) is 134 cm³/mol. The first-order chi connectivity index (χ1) is 16.5. The highest BCUT2D eigenvalue weighted by Gasteiger charge is 2.27. The van der Waals surface area contributed by atoms with Crippen LogP contribution in [0.15, 0.2) is 53.4 Å². The first-order valence-corrected chi connectivity index (χ1v) is 12.9. The molecule has 0 saturated heterocycles. The number of esters is 1. The molecule has 1 atom stereocenters. The van der Waals surface area contributed by atoms with Crippen molar-refractivity contribution in [3.8, 4) is 0 Å². The molecule has 190 valence electrons. The van der Waals surface area contributed by atoms with Gasteiger partial charge in [-0.15, -0.1) is 0 Å². The van der Waals surface area contributed by atoms with Gasteiger partial charge in [-0.2, -0.15) is 4.31 Å². The number of nitrogens with zero attached hydrogens (tertiary/aromatic N) is 1. The number of halogens is 1. The summed E-state index contributed by atoms with van der Waals surface area (Å²) in [6, 6.07) is 11.4. The van der Waals surface area contributed by atoms with E-state index in [9.17, 15) is 22.8 Å². The maximum Gasteiger partial charge on any atom is 0.329 e. The first-order valence-electron chi connectivity index (χ1n) is 11.1. The predicted octanol–water partition coefficient (Wildman–Crippen LogP) is 3.31. The SMILES string of the molecule is CCN(CC)S(=O)(=O)c1ccc(Cl)c(NC(=O)COC(=O)[C@@H](NC(=O)c2ccccc2)C(C)C)c1. The lowest BCUT2D eigenvalue weighted by Gasteiger charge is -2.21. The highest BCUT2D eigenvalue weighted by atomic mass is 35.5. The summed E-state index contributed by atoms with van der Waals surface area (Å²) in [7, 11) is -3.76. The molecule has 0 aliphatic heterocycles. The highest BCUT2D eigenvalue weighted by molar-refractivity contribution is 7.89. The Bertz CT molecular complexity index is 1150. The quantitative estimate of drug-likeness (QED) is 0.436. The third-order valence-electron chi connectivity index (χ3n) is 5.14. The van der Waals surface area contributed by atoms with Gasteiger partial charge in [0.25, 0.3) is 11.8 Å². The van der Waals surface area contributed by atoms with Gasteiger partial charge in [-0.25, -0.2) is 13.2 Å². The number of hydrogen-bond acceptors (Lipinski definition) is 6. The molecule has 2 N–H and O–H groups in total. The van der Waals surface area contributed by atoms with Crippen LogP contribution in [0.1, 0.15) is 38.1 Å². The van der Waals surface area contributed by atoms with Crippen molar-refractivity contribution in [1.82, 2.24) is 9.62 Å². The second-order valence-corrected chi connectivity index (χ2v) is 10.3. The normalized spacial score (nSPS) is 12.3. The van der Waals surface area contributed by atoms with E-state index in [1.54, 1.807) is 58.0 Å². The van der Waals surface area contributed by atoms with Crippen molar-refractivity contribution in [2.45, 2.75) is 38.6 Å². The summed E-state index contributed by atoms with van der Waals surface area (Å²) in [5, 5.41) is 5.22. The van der Waals surface area contributed by atoms with E-state index in [1.165, 1.54) is 22.5 Å². The third kappa shape index (κ3) is 7.51. The summed E-state index contributed by atoms with van der Waals surface area (Å²) in [6.07, 6.45) is 0. The monoisotopic (exact) mass is 523 g/mol. The number of sulfonamides is 1. The van der Waals surface area contributed by atoms with Crippen molar-refractivity contribution in [1.29, 1.82) is 0 Å². The van der Waals surface area contributed by atoms with Crippen molar-refractivity contribution >= 4 is 45.1 Å². The number of carbonyl (C=O) groups is 3. The van der Waals surface area contributed by atoms with Gasteiger partial charge in [0.15, 0.2) is 6.61 Å². The molecule has 0 aliphatic carbocycles. The molecule has 0 heterocycles. The largest absolute Gasteiger partial charge is 0.454 e. The van der Waals surface area contributed by atoms with Gasteiger partial charge < -0.3 is 15.4 Å². The van der Waals surface area contributed by atoms with Gasteiger partial charge in [0.1, 0.15) is 6.04 Å². The Morgan fingerprint density at radius 3 is 2.23 bits per heavy atom. The van der Waals surface area contributed by atoms with E-state index in [0.717, 1.165) is 0 Å². The van der Waals surface area contributed by atoms with Crippen molar-refractivity contribution in [2.24, 2.45) is 5.92 Å². The Labute approximate surface area is 210 Å². The molecule has 35 heavy (non-hydrogen) atoms. The molecule has 0 aliphatic rings. The minimum Gasteiger partial charge on any atom is -0.454 e. The van der Waals surface area contributed by atoms with Crippen molar-refractivity contribution in [3.63, 3.8) is 0 Å². The van der Waals surface area contributed by atoms with Gasteiger partial charge in [0.05, 0.1) is 15.6 Å². The van der Waals surface area contributed by atoms with Crippen LogP contribution >= 0.6 is 11.6 Å². The van der Waals surface area contributed by atoms with Gasteiger partial charge in [-0.05, 0) is 36.2 Å². The van der Waals surface area contributed by atoms with E-state index in [-0.39, 0.29) is 34.6 Å². The topological polar surface area (TPSA) is 122 Å². The van der Waals surface area contributed by atoms with E-state index >= 15 is 0 Å². The number of amides is 2. The Hall–Kier alpha value is -2.95. The number of nitrogens with one attached hydrogen (secondary N) is 2. The van der Waals surface area contributed by atoms with E-state index in [4.69, 9.17) is 16.3 Å². The molecule has 0 fully saturated rings. The van der Waals surface area contributed by atoms with Crippen LogP contribution in [0.2, 0.25) is 5.02 Å². The van der Waals surface area contributed by atoms with E-state index in [0.29, 0.717) is 5.56 Å². The summed E-state index contributed by atoms with van der Waals surface area (Å²) in [6.45, 7) is 6.85. The molecule has 0 aromatic heterocycles. The van der Waals surface area contributed by atoms with Gasteiger partial charge in [0, 0.05) is 18.7 Å². The third-order valence-corrected chi connectivity index (χ3v) is 7.52. The maximum atomic E-state index is 12.8. The van der Waals surface area contributed by atoms with E-state index in [2.05, 4.69) is 10.6 Å². The van der Waals surface area contributed by atoms with Crippen molar-refractivity contribution in [3.05, 3.63) is 59.1 Å². The minimum absolute atomic E-state index is 0.0265. The molecule has 11 heteroatoms. The van der Waals surface area contributed by atoms with E-state index in [1.807, 2.05) is 0 Å². The van der Waals surface area contributed by atoms with Crippen molar-refractivity contribution in [2.75, 3.05) is 25.0 Å². The van der Waals surface area contributed by atoms with Crippen LogP contribution in [0, 0.1) is 5.92 Å². The van der Waals surface area contributed by atoms with Crippen LogP contribution < -0.4 is 10.6 Å². The molecular formula is C24H30ClN3O6S. The Morgan fingerprint density at radius 2 is 1.66 bits per heavy atom. The van der Waals surface area contributed by atoms with Crippen molar-refractivity contribution < 1.29 is 27.5 Å². The number of anilines is 1. The Morgan fingerprint density at radius 1 is 1.03 bits per heavy atom. The van der Waals surface area contributed by atoms with Crippen LogP contribution in [0.4, 0.5) is 5.69 Å². The lowest BCUT2D eigenvalue weighted by molar-refractivity contribution is -0.150. The molecule has 2 rings (SSSR count). The number of carbonyl (C=O) groups excluding carboxylic acids is 3. The fraction of sp³-hybridized carbons (Fsp3) is 0.375. The van der Waals surface area contributed by atoms with Gasteiger partial charge in [0.2, 0.25) is 10.0 Å². The smallest absolute Gasteiger partial charge is 0.329 e. The molecule has 2 aromatic carbocycles. The molecular weight excluding hydrogens is 494 g/mol. The van der Waals surface area contributed by atoms with Crippen LogP contribution in [-0.2, 0) is 24.3 Å². The second-order valence-electron chi connectivity index (χ2n) is 7.95. The average molecular weight is 524 g/mol. The summed E-state index contributed by atoms with van der Waals surface area (Å²) in [5.41, 5.74) is 0.455. The molecule has 0 saturated carbocycles. The van der Waals surface area contributed by atoms with Crippen LogP contribution in [0.5, 0.6) is 0 Å². The molecule has 0 radical (unpaired) electrons. The standard InChI is InChI=1S/C24H30ClN3O6S/c1-5-28(6-2)35(32,33)18-12-13-19(25)20(14-18)26-21(29)15-34-24(31)22(16(3)4)27-23(30)17-10-8-7-9-11-17/h7-14,16,22H,5-6,15H2,1-4H3,(H,26,29)(H,27,30)/t22-/m0/s1. The lowest BCUT2D eigenvalue weighted by atomic mass is 10.0. The average Bonchev–Trinajstić information content (AvgIpc) is 2.83. The number of rotatable bonds is 11. The number of benzene rings is 2. The summed E-state index contributed by atoms with van der Waals surface area (Å²) < 4.78 is 31.9. The van der Waals surface area contributed by atoms with Crippen LogP contribution in [-0.4, -0.2) is 56.2 Å². The second kappa shape index (κ2) is 12.7. The van der Waals surface area contributed by atoms with E-state index < -0.39 is 40.5 Å². The number of hydrogen-bond donors (Lipinski definition) is 2. The van der Waals surface area contributed by atoms with Gasteiger partial charge in [-0.1, -0.05) is 57.5 Å². The zero-order valence-electron chi connectivity index (χ0n) is 20.1. The molecule has 0 unspecified atom stereocenters. The summed E-state index contributed by atoms with van der Waals surface area (Å²) in [4.78, 5) is 37.4. The van der Waals surface area contributed by atoms with Gasteiger partial charge in [-0.3, -0.25) is 9.59 Å². The zero-order valence-corrected chi connectivity index (χ0v) is 21.7. The number of ether oxygens (including phenoxy) is 1. The highest BCUT2D eigenvalue weighted by Crippen LogP contribution is 2.27. The molecule has 0 spiro atoms. The van der Waals surface area contributed by atoms with Crippen LogP contribution in [0.3, 0.4) is 0 Å². The molecule has 0 bridgehead atoms. The molecule has 2 aromatic rings. The Balaban J connectivity index is 2.05.